The van der Waals surface area contributed by atoms with E-state index in [1.807, 2.05) is 7.05 Å². The molecule has 1 aliphatic rings. The zero-order valence-corrected chi connectivity index (χ0v) is 14.1. The fraction of sp³-hybridized carbons (Fsp3) is 0.625. The molecule has 0 bridgehead atoms. The average Bonchev–Trinajstić information content (AvgIpc) is 2.82. The third-order valence-electron chi connectivity index (χ3n) is 4.05. The molecule has 0 spiro atoms. The standard InChI is InChI=1S/C16H24N2O3S/c1-3-4-9-18(2)10-13(19)17-15-14(16(20)21)11-7-5-6-8-12(11)22-15/h3-10H2,1-2H3,(H,17,19)(H,20,21). The Kier molecular flexibility index (Phi) is 5.97. The van der Waals surface area contributed by atoms with Gasteiger partial charge in [0.15, 0.2) is 6.54 Å². The summed E-state index contributed by atoms with van der Waals surface area (Å²) in [5, 5.41) is 14.7. The van der Waals surface area contributed by atoms with E-state index >= 15 is 0 Å². The van der Waals surface area contributed by atoms with E-state index in [9.17, 15) is 14.7 Å². The van der Waals surface area contributed by atoms with Crippen LogP contribution in [0, 0.1) is 0 Å². The van der Waals surface area contributed by atoms with Crippen LogP contribution in [0.1, 0.15) is 53.4 Å². The van der Waals surface area contributed by atoms with Gasteiger partial charge in [0, 0.05) is 10.4 Å². The lowest BCUT2D eigenvalue weighted by Crippen LogP contribution is -3.10. The van der Waals surface area contributed by atoms with E-state index in [-0.39, 0.29) is 11.5 Å². The molecule has 2 rings (SSSR count). The largest absolute Gasteiger partial charge is 0.545 e. The van der Waals surface area contributed by atoms with E-state index in [0.717, 1.165) is 60.4 Å². The van der Waals surface area contributed by atoms with Crippen molar-refractivity contribution < 1.29 is 19.6 Å². The number of aromatic carboxylic acids is 1. The highest BCUT2D eigenvalue weighted by atomic mass is 32.1. The normalized spacial score (nSPS) is 15.2. The lowest BCUT2D eigenvalue weighted by molar-refractivity contribution is -0.871. The minimum atomic E-state index is -1.18. The molecule has 1 atom stereocenters. The van der Waals surface area contributed by atoms with Crippen LogP contribution in [0.15, 0.2) is 0 Å². The van der Waals surface area contributed by atoms with Gasteiger partial charge in [0.25, 0.3) is 5.91 Å². The topological polar surface area (TPSA) is 73.7 Å². The minimum absolute atomic E-state index is 0.130. The fourth-order valence-electron chi connectivity index (χ4n) is 2.88. The zero-order chi connectivity index (χ0) is 16.1. The van der Waals surface area contributed by atoms with Crippen molar-refractivity contribution in [1.29, 1.82) is 0 Å². The van der Waals surface area contributed by atoms with Gasteiger partial charge in [-0.2, -0.15) is 0 Å². The van der Waals surface area contributed by atoms with Gasteiger partial charge in [-0.25, -0.2) is 0 Å². The number of aryl methyl sites for hydroxylation is 1. The molecule has 1 aliphatic carbocycles. The maximum Gasteiger partial charge on any atom is 0.280 e. The quantitative estimate of drug-likeness (QED) is 0.755. The van der Waals surface area contributed by atoms with Crippen molar-refractivity contribution in [2.24, 2.45) is 0 Å². The molecule has 5 nitrogen and oxygen atoms in total. The van der Waals surface area contributed by atoms with Crippen molar-refractivity contribution in [3.63, 3.8) is 0 Å². The van der Waals surface area contributed by atoms with E-state index in [1.54, 1.807) is 0 Å². The average molecular weight is 324 g/mol. The smallest absolute Gasteiger partial charge is 0.280 e. The SMILES string of the molecule is CCCC[NH+](C)CC(=O)Nc1sc2c(c1C(=O)[O-])CCCC2. The van der Waals surface area contributed by atoms with Gasteiger partial charge in [0.2, 0.25) is 0 Å². The molecule has 1 amide bonds. The summed E-state index contributed by atoms with van der Waals surface area (Å²) in [6.07, 6.45) is 5.94. The molecule has 6 heteroatoms. The first-order valence-electron chi connectivity index (χ1n) is 8.00. The maximum atomic E-state index is 12.1. The van der Waals surface area contributed by atoms with Crippen LogP contribution in [0.25, 0.3) is 0 Å². The number of unbranched alkanes of at least 4 members (excludes halogenated alkanes) is 1. The van der Waals surface area contributed by atoms with Gasteiger partial charge in [-0.15, -0.1) is 11.3 Å². The Morgan fingerprint density at radius 1 is 1.32 bits per heavy atom. The number of nitrogens with one attached hydrogen (secondary N) is 2. The maximum absolute atomic E-state index is 12.1. The Balaban J connectivity index is 2.07. The number of quaternary nitrogens is 1. The molecule has 0 aromatic carbocycles. The van der Waals surface area contributed by atoms with Crippen LogP contribution < -0.4 is 15.3 Å². The highest BCUT2D eigenvalue weighted by molar-refractivity contribution is 7.17. The van der Waals surface area contributed by atoms with Gasteiger partial charge < -0.3 is 20.1 Å². The van der Waals surface area contributed by atoms with Crippen molar-refractivity contribution in [2.45, 2.75) is 45.4 Å². The summed E-state index contributed by atoms with van der Waals surface area (Å²) >= 11 is 1.40. The van der Waals surface area contributed by atoms with E-state index in [4.69, 9.17) is 0 Å². The highest BCUT2D eigenvalue weighted by Gasteiger charge is 2.23. The van der Waals surface area contributed by atoms with Crippen LogP contribution in [0.4, 0.5) is 5.00 Å². The summed E-state index contributed by atoms with van der Waals surface area (Å²) in [7, 11) is 1.98. The lowest BCUT2D eigenvalue weighted by atomic mass is 9.95. The number of hydrogen-bond acceptors (Lipinski definition) is 4. The summed E-state index contributed by atoms with van der Waals surface area (Å²) in [5.41, 5.74) is 1.08. The number of carbonyl (C=O) groups is 2. The van der Waals surface area contributed by atoms with Gasteiger partial charge >= 0.3 is 0 Å². The van der Waals surface area contributed by atoms with Crippen molar-refractivity contribution in [3.8, 4) is 0 Å². The highest BCUT2D eigenvalue weighted by Crippen LogP contribution is 2.37. The van der Waals surface area contributed by atoms with Gasteiger partial charge in [-0.05, 0) is 37.7 Å². The third kappa shape index (κ3) is 4.08. The van der Waals surface area contributed by atoms with Crippen LogP contribution >= 0.6 is 11.3 Å². The predicted molar refractivity (Wildman–Crippen MR) is 85.4 cm³/mol. The molecule has 0 aliphatic heterocycles. The van der Waals surface area contributed by atoms with Gasteiger partial charge in [0.05, 0.1) is 19.6 Å². The van der Waals surface area contributed by atoms with Crippen molar-refractivity contribution >= 4 is 28.2 Å². The number of fused-ring (bicyclic) bond motifs is 1. The van der Waals surface area contributed by atoms with Crippen LogP contribution in [0.5, 0.6) is 0 Å². The first-order valence-corrected chi connectivity index (χ1v) is 8.81. The number of carboxylic acids is 1. The number of rotatable bonds is 7. The second kappa shape index (κ2) is 7.74. The molecular formula is C16H24N2O3S. The first-order chi connectivity index (χ1) is 10.5. The molecule has 22 heavy (non-hydrogen) atoms. The number of hydrogen-bond donors (Lipinski definition) is 2. The fourth-order valence-corrected chi connectivity index (χ4v) is 4.18. The number of anilines is 1. The van der Waals surface area contributed by atoms with Gasteiger partial charge in [-0.1, -0.05) is 13.3 Å². The summed E-state index contributed by atoms with van der Waals surface area (Å²) in [6.45, 7) is 3.42. The van der Waals surface area contributed by atoms with Gasteiger partial charge in [0.1, 0.15) is 5.00 Å². The molecule has 1 aromatic rings. The first kappa shape index (κ1) is 17.0. The summed E-state index contributed by atoms with van der Waals surface area (Å²) < 4.78 is 0. The number of amides is 1. The second-order valence-electron chi connectivity index (χ2n) is 5.99. The number of carboxylic acid groups (broad SMARTS) is 1. The van der Waals surface area contributed by atoms with Crippen LogP contribution in [0.3, 0.4) is 0 Å². The number of likely N-dealkylation sites (N-methyl/N-ethyl adjacent to an activating group) is 1. The number of carbonyl (C=O) groups excluding carboxylic acids is 2. The monoisotopic (exact) mass is 324 g/mol. The van der Waals surface area contributed by atoms with Crippen molar-refractivity contribution in [1.82, 2.24) is 0 Å². The Labute approximate surface area is 135 Å². The molecule has 1 heterocycles. The predicted octanol–water partition coefficient (Wildman–Crippen LogP) is 0.244. The molecule has 1 unspecified atom stereocenters. The molecule has 0 saturated carbocycles. The second-order valence-corrected chi connectivity index (χ2v) is 7.09. The molecular weight excluding hydrogens is 300 g/mol. The van der Waals surface area contributed by atoms with E-state index in [2.05, 4.69) is 12.2 Å². The van der Waals surface area contributed by atoms with Crippen molar-refractivity contribution in [3.05, 3.63) is 16.0 Å². The van der Waals surface area contributed by atoms with Crippen molar-refractivity contribution in [2.75, 3.05) is 25.5 Å². The van der Waals surface area contributed by atoms with E-state index in [0.29, 0.717) is 11.5 Å². The molecule has 0 saturated heterocycles. The zero-order valence-electron chi connectivity index (χ0n) is 13.3. The molecule has 2 N–H and O–H groups in total. The summed E-state index contributed by atoms with van der Waals surface area (Å²) in [6, 6.07) is 0. The molecule has 1 aromatic heterocycles. The Bertz CT molecular complexity index is 554. The molecule has 122 valence electrons. The lowest BCUT2D eigenvalue weighted by Gasteiger charge is -2.14. The minimum Gasteiger partial charge on any atom is -0.545 e. The Morgan fingerprint density at radius 3 is 2.73 bits per heavy atom. The summed E-state index contributed by atoms with van der Waals surface area (Å²) in [4.78, 5) is 25.8. The third-order valence-corrected chi connectivity index (χ3v) is 5.26. The van der Waals surface area contributed by atoms with Crippen LogP contribution in [-0.2, 0) is 17.6 Å². The number of thiophene rings is 1. The van der Waals surface area contributed by atoms with E-state index in [1.165, 1.54) is 11.3 Å². The van der Waals surface area contributed by atoms with Gasteiger partial charge in [-0.3, -0.25) is 4.79 Å². The van der Waals surface area contributed by atoms with Crippen LogP contribution in [-0.4, -0.2) is 32.0 Å². The Morgan fingerprint density at radius 2 is 2.05 bits per heavy atom. The molecule has 0 fully saturated rings. The van der Waals surface area contributed by atoms with Crippen LogP contribution in [0.2, 0.25) is 0 Å². The van der Waals surface area contributed by atoms with E-state index < -0.39 is 5.97 Å². The summed E-state index contributed by atoms with van der Waals surface area (Å²) in [5.74, 6) is -1.31. The molecule has 0 radical (unpaired) electrons. The Hall–Kier alpha value is -1.40.